The maximum Gasteiger partial charge on any atom is 0.416 e. The van der Waals surface area contributed by atoms with Gasteiger partial charge < -0.3 is 4.57 Å². The summed E-state index contributed by atoms with van der Waals surface area (Å²) in [4.78, 5) is 22.5. The Morgan fingerprint density at radius 2 is 1.60 bits per heavy atom. The largest absolute Gasteiger partial charge is 0.416 e. The fourth-order valence-electron chi connectivity index (χ4n) is 3.00. The van der Waals surface area contributed by atoms with Gasteiger partial charge in [-0.15, -0.1) is 0 Å². The van der Waals surface area contributed by atoms with Gasteiger partial charge in [0.05, 0.1) is 10.5 Å². The number of hydrogen-bond donors (Lipinski definition) is 2. The van der Waals surface area contributed by atoms with E-state index >= 15 is 0 Å². The number of halogens is 3. The molecule has 2 N–H and O–H groups in total. The van der Waals surface area contributed by atoms with E-state index < -0.39 is 28.3 Å². The zero-order valence-corrected chi connectivity index (χ0v) is 15.9. The molecule has 0 radical (unpaired) electrons. The fourth-order valence-corrected chi connectivity index (χ4v) is 3.00. The number of aromatic nitrogens is 1. The Kier molecular flexibility index (Phi) is 5.50. The summed E-state index contributed by atoms with van der Waals surface area (Å²) >= 11 is 0. The van der Waals surface area contributed by atoms with Gasteiger partial charge in [0.2, 0.25) is 0 Å². The van der Waals surface area contributed by atoms with Crippen LogP contribution >= 0.6 is 0 Å². The van der Waals surface area contributed by atoms with Crippen LogP contribution in [0.15, 0.2) is 54.6 Å². The van der Waals surface area contributed by atoms with Crippen molar-refractivity contribution in [2.24, 2.45) is 0 Å². The Morgan fingerprint density at radius 1 is 1.00 bits per heavy atom. The van der Waals surface area contributed by atoms with Gasteiger partial charge in [0.1, 0.15) is 5.69 Å². The first-order valence-corrected chi connectivity index (χ1v) is 8.75. The summed E-state index contributed by atoms with van der Waals surface area (Å²) < 4.78 is 40.3. The Bertz CT molecular complexity index is 1090. The normalized spacial score (nSPS) is 11.2. The van der Waals surface area contributed by atoms with Crippen LogP contribution in [0.25, 0.3) is 5.69 Å². The molecule has 0 atom stereocenters. The topological polar surface area (TPSA) is 89.2 Å². The number of nitro benzene ring substituents is 1. The maximum atomic E-state index is 12.8. The molecule has 3 aromatic rings. The molecule has 0 saturated carbocycles. The Morgan fingerprint density at radius 3 is 2.13 bits per heavy atom. The molecule has 7 nitrogen and oxygen atoms in total. The number of rotatable bonds is 5. The zero-order valence-electron chi connectivity index (χ0n) is 15.9. The van der Waals surface area contributed by atoms with E-state index in [9.17, 15) is 28.1 Å². The second kappa shape index (κ2) is 7.90. The van der Waals surface area contributed by atoms with Gasteiger partial charge in [0.25, 0.3) is 11.6 Å². The number of nitrogens with one attached hydrogen (secondary N) is 2. The number of hydrazine groups is 1. The summed E-state index contributed by atoms with van der Waals surface area (Å²) in [5.74, 6) is -0.600. The highest BCUT2D eigenvalue weighted by Gasteiger charge is 2.33. The number of nitro groups is 1. The van der Waals surface area contributed by atoms with Crippen molar-refractivity contribution in [1.82, 2.24) is 9.99 Å². The fraction of sp³-hybridized carbons (Fsp3) is 0.150. The van der Waals surface area contributed by atoms with Crippen LogP contribution in [0, 0.1) is 24.0 Å². The van der Waals surface area contributed by atoms with Crippen molar-refractivity contribution in [3.63, 3.8) is 0 Å². The van der Waals surface area contributed by atoms with Crippen LogP contribution in [-0.4, -0.2) is 15.4 Å². The predicted molar refractivity (Wildman–Crippen MR) is 104 cm³/mol. The summed E-state index contributed by atoms with van der Waals surface area (Å²) in [5.41, 5.74) is 5.54. The van der Waals surface area contributed by atoms with E-state index in [2.05, 4.69) is 10.9 Å². The minimum atomic E-state index is -4.72. The number of alkyl halides is 3. The van der Waals surface area contributed by atoms with Crippen molar-refractivity contribution < 1.29 is 22.9 Å². The maximum absolute atomic E-state index is 12.8. The Balaban J connectivity index is 1.75. The van der Waals surface area contributed by atoms with E-state index in [0.29, 0.717) is 12.1 Å². The van der Waals surface area contributed by atoms with Crippen LogP contribution in [0.4, 0.5) is 24.5 Å². The van der Waals surface area contributed by atoms with Crippen LogP contribution in [0.3, 0.4) is 0 Å². The Labute approximate surface area is 169 Å². The summed E-state index contributed by atoms with van der Waals surface area (Å²) in [5, 5.41) is 11.1. The summed E-state index contributed by atoms with van der Waals surface area (Å²) in [6, 6.07) is 12.6. The molecular formula is C20H17F3N4O3. The molecule has 156 valence electrons. The molecule has 0 saturated heterocycles. The van der Waals surface area contributed by atoms with Crippen LogP contribution < -0.4 is 10.9 Å². The number of hydrogen-bond acceptors (Lipinski definition) is 4. The van der Waals surface area contributed by atoms with Crippen molar-refractivity contribution in [3.05, 3.63) is 87.2 Å². The zero-order chi connectivity index (χ0) is 22.1. The molecule has 30 heavy (non-hydrogen) atoms. The average Bonchev–Trinajstić information content (AvgIpc) is 3.03. The molecule has 0 unspecified atom stereocenters. The van der Waals surface area contributed by atoms with Gasteiger partial charge in [-0.25, -0.2) is 0 Å². The first-order chi connectivity index (χ1) is 14.1. The van der Waals surface area contributed by atoms with E-state index in [1.165, 1.54) is 0 Å². The summed E-state index contributed by atoms with van der Waals surface area (Å²) in [6.07, 6.45) is -4.72. The van der Waals surface area contributed by atoms with E-state index in [0.717, 1.165) is 23.1 Å². The van der Waals surface area contributed by atoms with Gasteiger partial charge >= 0.3 is 6.18 Å². The van der Waals surface area contributed by atoms with E-state index in [4.69, 9.17) is 0 Å². The second-order valence-electron chi connectivity index (χ2n) is 6.56. The van der Waals surface area contributed by atoms with Crippen LogP contribution in [0.1, 0.15) is 27.3 Å². The molecule has 0 aliphatic carbocycles. The minimum Gasteiger partial charge on any atom is -0.319 e. The molecule has 1 aromatic heterocycles. The number of amides is 1. The lowest BCUT2D eigenvalue weighted by atomic mass is 10.1. The van der Waals surface area contributed by atoms with E-state index in [1.54, 1.807) is 24.3 Å². The molecule has 1 amide bonds. The predicted octanol–water partition coefficient (Wildman–Crippen LogP) is 4.78. The van der Waals surface area contributed by atoms with Crippen LogP contribution in [0.5, 0.6) is 0 Å². The molecule has 0 fully saturated rings. The third kappa shape index (κ3) is 4.27. The highest BCUT2D eigenvalue weighted by Crippen LogP contribution is 2.34. The average molecular weight is 418 g/mol. The van der Waals surface area contributed by atoms with Gasteiger partial charge in [-0.3, -0.25) is 25.8 Å². The molecule has 0 aliphatic rings. The van der Waals surface area contributed by atoms with Gasteiger partial charge in [-0.2, -0.15) is 13.2 Å². The van der Waals surface area contributed by atoms with Gasteiger partial charge in [0.15, 0.2) is 0 Å². The lowest BCUT2D eigenvalue weighted by Crippen LogP contribution is -2.29. The van der Waals surface area contributed by atoms with Crippen LogP contribution in [0.2, 0.25) is 0 Å². The second-order valence-corrected chi connectivity index (χ2v) is 6.56. The van der Waals surface area contributed by atoms with E-state index in [1.807, 2.05) is 30.5 Å². The van der Waals surface area contributed by atoms with Gasteiger partial charge in [-0.1, -0.05) is 0 Å². The number of carbonyl (C=O) groups excluding carboxylic acids is 1. The lowest BCUT2D eigenvalue weighted by Gasteiger charge is -2.12. The molecule has 2 aromatic carbocycles. The molecular weight excluding hydrogens is 401 g/mol. The van der Waals surface area contributed by atoms with Gasteiger partial charge in [0, 0.05) is 28.7 Å². The molecule has 0 aliphatic heterocycles. The molecule has 0 spiro atoms. The molecule has 3 rings (SSSR count). The number of nitrogens with zero attached hydrogens (tertiary/aromatic N) is 2. The van der Waals surface area contributed by atoms with Crippen LogP contribution in [-0.2, 0) is 6.18 Å². The summed E-state index contributed by atoms with van der Waals surface area (Å²) in [6.45, 7) is 3.91. The van der Waals surface area contributed by atoms with Crippen molar-refractivity contribution in [2.45, 2.75) is 20.0 Å². The number of benzene rings is 2. The summed E-state index contributed by atoms with van der Waals surface area (Å²) in [7, 11) is 0. The van der Waals surface area contributed by atoms with Gasteiger partial charge in [-0.05, 0) is 62.4 Å². The molecule has 0 bridgehead atoms. The smallest absolute Gasteiger partial charge is 0.319 e. The standard InChI is InChI=1S/C20H17F3N4O3/c1-12-3-4-13(2)26(12)16-8-5-14(6-9-16)19(28)25-24-17-10-7-15(20(21,22)23)11-18(17)27(29)30/h3-11,24H,1-2H3,(H,25,28). The van der Waals surface area contributed by atoms with Crippen molar-refractivity contribution >= 4 is 17.3 Å². The number of anilines is 1. The SMILES string of the molecule is Cc1ccc(C)n1-c1ccc(C(=O)NNc2ccc(C(F)(F)F)cc2[N+](=O)[O-])cc1. The molecule has 1 heterocycles. The monoisotopic (exact) mass is 418 g/mol. The highest BCUT2D eigenvalue weighted by atomic mass is 19.4. The first kappa shape index (κ1) is 20.9. The Hall–Kier alpha value is -3.82. The third-order valence-electron chi connectivity index (χ3n) is 4.49. The molecule has 10 heteroatoms. The van der Waals surface area contributed by atoms with Crippen molar-refractivity contribution in [1.29, 1.82) is 0 Å². The van der Waals surface area contributed by atoms with E-state index in [-0.39, 0.29) is 11.3 Å². The first-order valence-electron chi connectivity index (χ1n) is 8.75. The van der Waals surface area contributed by atoms with Crippen molar-refractivity contribution in [3.8, 4) is 5.69 Å². The number of aryl methyl sites for hydroxylation is 2. The highest BCUT2D eigenvalue weighted by molar-refractivity contribution is 5.95. The minimum absolute atomic E-state index is 0.267. The van der Waals surface area contributed by atoms with Crippen molar-refractivity contribution in [2.75, 3.05) is 5.43 Å². The lowest BCUT2D eigenvalue weighted by molar-refractivity contribution is -0.384. The number of carbonyl (C=O) groups is 1. The third-order valence-corrected chi connectivity index (χ3v) is 4.49. The quantitative estimate of drug-likeness (QED) is 0.461.